The lowest BCUT2D eigenvalue weighted by Crippen LogP contribution is -2.44. The molecule has 2 bridgehead atoms. The molecule has 0 heterocycles. The quantitative estimate of drug-likeness (QED) is 0.768. The molecule has 0 radical (unpaired) electrons. The predicted molar refractivity (Wildman–Crippen MR) is 63.4 cm³/mol. The van der Waals surface area contributed by atoms with Crippen molar-refractivity contribution in [2.24, 2.45) is 17.8 Å². The van der Waals surface area contributed by atoms with E-state index in [1.807, 2.05) is 6.92 Å². The Balaban J connectivity index is 1.89. The molecule has 2 fully saturated rings. The smallest absolute Gasteiger partial charge is 0.326 e. The summed E-state index contributed by atoms with van der Waals surface area (Å²) in [6.07, 6.45) is 5.83. The number of nitrogens with one attached hydrogen (secondary N) is 1. The van der Waals surface area contributed by atoms with Crippen molar-refractivity contribution in [3.8, 4) is 0 Å². The van der Waals surface area contributed by atoms with Gasteiger partial charge in [0.2, 0.25) is 5.91 Å². The van der Waals surface area contributed by atoms with Gasteiger partial charge in [0.05, 0.1) is 0 Å². The van der Waals surface area contributed by atoms with E-state index in [0.29, 0.717) is 18.3 Å². The number of aliphatic carboxylic acids is 1. The first-order valence-corrected chi connectivity index (χ1v) is 6.65. The summed E-state index contributed by atoms with van der Waals surface area (Å²) in [5.41, 5.74) is 0. The minimum Gasteiger partial charge on any atom is -0.480 e. The lowest BCUT2D eigenvalue weighted by atomic mass is 9.88. The second-order valence-electron chi connectivity index (χ2n) is 5.47. The molecule has 4 heteroatoms. The number of hydrogen-bond acceptors (Lipinski definition) is 2. The minimum absolute atomic E-state index is 0.0296. The van der Waals surface area contributed by atoms with E-state index in [1.165, 1.54) is 12.8 Å². The third-order valence-corrected chi connectivity index (χ3v) is 4.27. The second kappa shape index (κ2) is 5.07. The average molecular weight is 239 g/mol. The van der Waals surface area contributed by atoms with Crippen molar-refractivity contribution >= 4 is 11.9 Å². The van der Waals surface area contributed by atoms with Gasteiger partial charge in [-0.1, -0.05) is 19.8 Å². The monoisotopic (exact) mass is 239 g/mol. The molecule has 17 heavy (non-hydrogen) atoms. The Morgan fingerprint density at radius 1 is 1.35 bits per heavy atom. The largest absolute Gasteiger partial charge is 0.480 e. The standard InChI is InChI=1S/C13H21NO3/c1-2-3-11(13(16)17)14-12(15)10-7-8-4-5-9(10)6-8/h8-11H,2-7H2,1H3,(H,14,15)(H,16,17)/t8?,9?,10?,11-/m0/s1. The maximum Gasteiger partial charge on any atom is 0.326 e. The Kier molecular flexibility index (Phi) is 3.69. The Labute approximate surface area is 102 Å². The summed E-state index contributed by atoms with van der Waals surface area (Å²) in [6, 6.07) is -0.702. The van der Waals surface area contributed by atoms with Gasteiger partial charge < -0.3 is 10.4 Å². The van der Waals surface area contributed by atoms with Crippen LogP contribution in [0.2, 0.25) is 0 Å². The topological polar surface area (TPSA) is 66.4 Å². The van der Waals surface area contributed by atoms with Crippen LogP contribution in [0.4, 0.5) is 0 Å². The van der Waals surface area contributed by atoms with Gasteiger partial charge in [0.15, 0.2) is 0 Å². The van der Waals surface area contributed by atoms with E-state index in [9.17, 15) is 9.59 Å². The van der Waals surface area contributed by atoms with Gasteiger partial charge in [0, 0.05) is 5.92 Å². The zero-order valence-corrected chi connectivity index (χ0v) is 10.3. The zero-order chi connectivity index (χ0) is 12.4. The molecule has 2 saturated carbocycles. The fraction of sp³-hybridized carbons (Fsp3) is 0.846. The number of rotatable bonds is 5. The highest BCUT2D eigenvalue weighted by atomic mass is 16.4. The molecule has 2 rings (SSSR count). The SMILES string of the molecule is CCC[C@H](NC(=O)C1CC2CCC1C2)C(=O)O. The predicted octanol–water partition coefficient (Wildman–Crippen LogP) is 1.79. The van der Waals surface area contributed by atoms with Crippen LogP contribution in [-0.2, 0) is 9.59 Å². The first-order valence-electron chi connectivity index (χ1n) is 6.65. The molecular formula is C13H21NO3. The van der Waals surface area contributed by atoms with Gasteiger partial charge in [0.1, 0.15) is 6.04 Å². The number of carboxylic acid groups (broad SMARTS) is 1. The zero-order valence-electron chi connectivity index (χ0n) is 10.3. The van der Waals surface area contributed by atoms with Crippen LogP contribution in [0.3, 0.4) is 0 Å². The van der Waals surface area contributed by atoms with E-state index >= 15 is 0 Å². The summed E-state index contributed by atoms with van der Waals surface area (Å²) >= 11 is 0. The maximum absolute atomic E-state index is 12.1. The van der Waals surface area contributed by atoms with E-state index in [4.69, 9.17) is 5.11 Å². The third-order valence-electron chi connectivity index (χ3n) is 4.27. The number of carbonyl (C=O) groups is 2. The molecule has 3 unspecified atom stereocenters. The van der Waals surface area contributed by atoms with E-state index < -0.39 is 12.0 Å². The van der Waals surface area contributed by atoms with Crippen LogP contribution in [0.5, 0.6) is 0 Å². The fourth-order valence-electron chi connectivity index (χ4n) is 3.39. The fourth-order valence-corrected chi connectivity index (χ4v) is 3.39. The van der Waals surface area contributed by atoms with Crippen LogP contribution in [0.1, 0.15) is 45.4 Å². The molecule has 0 spiro atoms. The molecule has 0 aromatic rings. The molecule has 4 atom stereocenters. The Bertz CT molecular complexity index is 316. The lowest BCUT2D eigenvalue weighted by Gasteiger charge is -2.23. The normalized spacial score (nSPS) is 32.4. The van der Waals surface area contributed by atoms with Gasteiger partial charge in [-0.25, -0.2) is 4.79 Å². The molecule has 0 aromatic carbocycles. The molecule has 2 N–H and O–H groups in total. The molecule has 1 amide bonds. The van der Waals surface area contributed by atoms with Crippen molar-refractivity contribution in [3.05, 3.63) is 0 Å². The molecule has 2 aliphatic carbocycles. The number of carbonyl (C=O) groups excluding carboxylic acids is 1. The summed E-state index contributed by atoms with van der Waals surface area (Å²) in [6.45, 7) is 1.93. The first kappa shape index (κ1) is 12.4. The Morgan fingerprint density at radius 3 is 2.59 bits per heavy atom. The van der Waals surface area contributed by atoms with Crippen molar-refractivity contribution in [3.63, 3.8) is 0 Å². The third kappa shape index (κ3) is 2.61. The number of amides is 1. The van der Waals surface area contributed by atoms with Gasteiger partial charge in [-0.15, -0.1) is 0 Å². The molecular weight excluding hydrogens is 218 g/mol. The van der Waals surface area contributed by atoms with E-state index in [1.54, 1.807) is 0 Å². The van der Waals surface area contributed by atoms with Crippen LogP contribution in [0.15, 0.2) is 0 Å². The van der Waals surface area contributed by atoms with Crippen molar-refractivity contribution in [2.75, 3.05) is 0 Å². The van der Waals surface area contributed by atoms with Gasteiger partial charge in [0.25, 0.3) is 0 Å². The highest BCUT2D eigenvalue weighted by Gasteiger charge is 2.43. The highest BCUT2D eigenvalue weighted by molar-refractivity contribution is 5.85. The summed E-state index contributed by atoms with van der Waals surface area (Å²) in [4.78, 5) is 23.0. The van der Waals surface area contributed by atoms with Crippen molar-refractivity contribution in [1.29, 1.82) is 0 Å². The Morgan fingerprint density at radius 2 is 2.12 bits per heavy atom. The van der Waals surface area contributed by atoms with Crippen molar-refractivity contribution < 1.29 is 14.7 Å². The molecule has 4 nitrogen and oxygen atoms in total. The van der Waals surface area contributed by atoms with E-state index in [0.717, 1.165) is 19.3 Å². The molecule has 0 saturated heterocycles. The lowest BCUT2D eigenvalue weighted by molar-refractivity contribution is -0.143. The van der Waals surface area contributed by atoms with Crippen LogP contribution in [0, 0.1) is 17.8 Å². The van der Waals surface area contributed by atoms with Crippen LogP contribution >= 0.6 is 0 Å². The number of carboxylic acids is 1. The minimum atomic E-state index is -0.914. The summed E-state index contributed by atoms with van der Waals surface area (Å²) in [5.74, 6) is 0.357. The number of fused-ring (bicyclic) bond motifs is 2. The van der Waals surface area contributed by atoms with Gasteiger partial charge in [-0.2, -0.15) is 0 Å². The average Bonchev–Trinajstić information content (AvgIpc) is 2.89. The van der Waals surface area contributed by atoms with Crippen molar-refractivity contribution in [2.45, 2.75) is 51.5 Å². The summed E-state index contributed by atoms with van der Waals surface area (Å²) < 4.78 is 0. The van der Waals surface area contributed by atoms with Gasteiger partial charge in [-0.05, 0) is 37.5 Å². The summed E-state index contributed by atoms with van der Waals surface area (Å²) in [5, 5.41) is 11.7. The first-order chi connectivity index (χ1) is 8.11. The van der Waals surface area contributed by atoms with Crippen LogP contribution in [-0.4, -0.2) is 23.0 Å². The van der Waals surface area contributed by atoms with Gasteiger partial charge in [-0.3, -0.25) is 4.79 Å². The maximum atomic E-state index is 12.1. The van der Waals surface area contributed by atoms with Gasteiger partial charge >= 0.3 is 5.97 Å². The van der Waals surface area contributed by atoms with Crippen molar-refractivity contribution in [1.82, 2.24) is 5.32 Å². The Hall–Kier alpha value is -1.06. The second-order valence-corrected chi connectivity index (χ2v) is 5.47. The van der Waals surface area contributed by atoms with E-state index in [-0.39, 0.29) is 11.8 Å². The number of hydrogen-bond donors (Lipinski definition) is 2. The summed E-state index contributed by atoms with van der Waals surface area (Å²) in [7, 11) is 0. The molecule has 2 aliphatic rings. The molecule has 0 aromatic heterocycles. The van der Waals surface area contributed by atoms with E-state index in [2.05, 4.69) is 5.32 Å². The van der Waals surface area contributed by atoms with Crippen LogP contribution in [0.25, 0.3) is 0 Å². The highest BCUT2D eigenvalue weighted by Crippen LogP contribution is 2.48. The molecule has 96 valence electrons. The molecule has 0 aliphatic heterocycles. The van der Waals surface area contributed by atoms with Crippen LogP contribution < -0.4 is 5.32 Å².